The predicted molar refractivity (Wildman–Crippen MR) is 96.9 cm³/mol. The number of halogens is 1. The fourth-order valence-electron chi connectivity index (χ4n) is 2.67. The van der Waals surface area contributed by atoms with Gasteiger partial charge in [0.15, 0.2) is 0 Å². The van der Waals surface area contributed by atoms with Gasteiger partial charge in [0.2, 0.25) is 0 Å². The van der Waals surface area contributed by atoms with E-state index in [0.717, 1.165) is 18.0 Å². The van der Waals surface area contributed by atoms with E-state index in [9.17, 15) is 0 Å². The van der Waals surface area contributed by atoms with Crippen molar-refractivity contribution in [1.29, 1.82) is 0 Å². The number of methoxy groups -OCH3 is 1. The van der Waals surface area contributed by atoms with Gasteiger partial charge in [0.25, 0.3) is 6.02 Å². The highest BCUT2D eigenvalue weighted by molar-refractivity contribution is 6.30. The van der Waals surface area contributed by atoms with Gasteiger partial charge in [0.05, 0.1) is 7.11 Å². The molecule has 2 aromatic carbocycles. The van der Waals surface area contributed by atoms with Crippen LogP contribution in [-0.4, -0.2) is 32.3 Å². The van der Waals surface area contributed by atoms with Crippen molar-refractivity contribution >= 4 is 23.3 Å². The van der Waals surface area contributed by atoms with E-state index in [0.29, 0.717) is 18.2 Å². The van der Waals surface area contributed by atoms with Crippen LogP contribution >= 0.6 is 11.6 Å². The number of ether oxygens (including phenoxy) is 2. The van der Waals surface area contributed by atoms with Gasteiger partial charge in [-0.2, -0.15) is 0 Å². The molecule has 0 saturated heterocycles. The van der Waals surface area contributed by atoms with E-state index >= 15 is 0 Å². The summed E-state index contributed by atoms with van der Waals surface area (Å²) in [7, 11) is 1.66. The molecule has 3 rings (SSSR count). The van der Waals surface area contributed by atoms with Crippen molar-refractivity contribution in [3.63, 3.8) is 0 Å². The summed E-state index contributed by atoms with van der Waals surface area (Å²) in [6.45, 7) is 1.94. The van der Waals surface area contributed by atoms with Gasteiger partial charge in [-0.3, -0.25) is 0 Å². The minimum atomic E-state index is 0.0160. The topological polar surface area (TPSA) is 60.1 Å². The Kier molecular flexibility index (Phi) is 5.11. The second kappa shape index (κ2) is 7.45. The zero-order valence-electron chi connectivity index (χ0n) is 13.5. The van der Waals surface area contributed by atoms with E-state index in [-0.39, 0.29) is 12.1 Å². The molecule has 2 N–H and O–H groups in total. The molecule has 0 bridgehead atoms. The SMILES string of the molecule is COc1ccc(CN(C[C@H]2COC(N)=N2)c2cccc(Cl)c2)cc1. The van der Waals surface area contributed by atoms with Crippen LogP contribution in [-0.2, 0) is 11.3 Å². The maximum Gasteiger partial charge on any atom is 0.282 e. The number of amidine groups is 1. The molecule has 1 aliphatic rings. The van der Waals surface area contributed by atoms with E-state index < -0.39 is 0 Å². The summed E-state index contributed by atoms with van der Waals surface area (Å²) in [6, 6.07) is 16.1. The summed E-state index contributed by atoms with van der Waals surface area (Å²) in [4.78, 5) is 6.55. The molecular weight excluding hydrogens is 326 g/mol. The molecule has 1 heterocycles. The van der Waals surface area contributed by atoms with Gasteiger partial charge in [-0.1, -0.05) is 29.8 Å². The van der Waals surface area contributed by atoms with E-state index in [4.69, 9.17) is 26.8 Å². The number of rotatable bonds is 6. The Morgan fingerprint density at radius 2 is 2.08 bits per heavy atom. The second-order valence-corrected chi connectivity index (χ2v) is 6.08. The number of nitrogens with two attached hydrogens (primary N) is 1. The molecule has 0 amide bonds. The van der Waals surface area contributed by atoms with E-state index in [1.165, 1.54) is 5.56 Å². The highest BCUT2D eigenvalue weighted by Gasteiger charge is 2.21. The van der Waals surface area contributed by atoms with Gasteiger partial charge in [0, 0.05) is 23.8 Å². The highest BCUT2D eigenvalue weighted by Crippen LogP contribution is 2.23. The molecule has 0 fully saturated rings. The maximum atomic E-state index is 6.16. The zero-order chi connectivity index (χ0) is 16.9. The molecule has 0 spiro atoms. The average molecular weight is 346 g/mol. The smallest absolute Gasteiger partial charge is 0.282 e. The first kappa shape index (κ1) is 16.5. The summed E-state index contributed by atoms with van der Waals surface area (Å²) in [5.41, 5.74) is 7.84. The molecule has 126 valence electrons. The van der Waals surface area contributed by atoms with Crippen LogP contribution in [0.3, 0.4) is 0 Å². The van der Waals surface area contributed by atoms with Crippen molar-refractivity contribution < 1.29 is 9.47 Å². The van der Waals surface area contributed by atoms with Crippen LogP contribution in [0.2, 0.25) is 5.02 Å². The molecule has 0 saturated carbocycles. The lowest BCUT2D eigenvalue weighted by molar-refractivity contribution is 0.313. The van der Waals surface area contributed by atoms with Gasteiger partial charge >= 0.3 is 0 Å². The molecular formula is C18H20ClN3O2. The van der Waals surface area contributed by atoms with E-state index in [1.54, 1.807) is 7.11 Å². The minimum absolute atomic E-state index is 0.0160. The Hall–Kier alpha value is -2.40. The summed E-state index contributed by atoms with van der Waals surface area (Å²) < 4.78 is 10.5. The molecule has 5 nitrogen and oxygen atoms in total. The Morgan fingerprint density at radius 3 is 2.71 bits per heavy atom. The van der Waals surface area contributed by atoms with Crippen LogP contribution in [0.1, 0.15) is 5.56 Å². The van der Waals surface area contributed by atoms with Crippen molar-refractivity contribution in [2.75, 3.05) is 25.2 Å². The van der Waals surface area contributed by atoms with E-state index in [2.05, 4.69) is 22.0 Å². The Balaban J connectivity index is 1.80. The average Bonchev–Trinajstić information content (AvgIpc) is 3.00. The van der Waals surface area contributed by atoms with Gasteiger partial charge in [-0.25, -0.2) is 4.99 Å². The monoisotopic (exact) mass is 345 g/mol. The van der Waals surface area contributed by atoms with Crippen molar-refractivity contribution in [3.05, 3.63) is 59.1 Å². The standard InChI is InChI=1S/C18H20ClN3O2/c1-23-17-7-5-13(6-8-17)10-22(11-15-12-24-18(20)21-15)16-4-2-3-14(19)9-16/h2-9,15H,10-12H2,1H3,(H2,20,21)/t15-/m0/s1. The van der Waals surface area contributed by atoms with E-state index in [1.807, 2.05) is 36.4 Å². The zero-order valence-corrected chi connectivity index (χ0v) is 14.2. The van der Waals surface area contributed by atoms with Gasteiger partial charge in [-0.05, 0) is 35.9 Å². The van der Waals surface area contributed by atoms with Gasteiger partial charge in [-0.15, -0.1) is 0 Å². The molecule has 1 aliphatic heterocycles. The molecule has 1 atom stereocenters. The third-order valence-corrected chi connectivity index (χ3v) is 4.11. The Bertz CT molecular complexity index is 718. The Morgan fingerprint density at radius 1 is 1.29 bits per heavy atom. The third-order valence-electron chi connectivity index (χ3n) is 3.87. The van der Waals surface area contributed by atoms with Crippen LogP contribution < -0.4 is 15.4 Å². The molecule has 0 unspecified atom stereocenters. The number of hydrogen-bond donors (Lipinski definition) is 1. The third kappa shape index (κ3) is 4.11. The largest absolute Gasteiger partial charge is 0.497 e. The second-order valence-electron chi connectivity index (χ2n) is 5.64. The summed E-state index contributed by atoms with van der Waals surface area (Å²) in [5.74, 6) is 0.842. The first-order chi connectivity index (χ1) is 11.6. The van der Waals surface area contributed by atoms with Crippen LogP contribution in [0.4, 0.5) is 5.69 Å². The number of nitrogens with zero attached hydrogens (tertiary/aromatic N) is 2. The molecule has 0 aromatic heterocycles. The minimum Gasteiger partial charge on any atom is -0.497 e. The van der Waals surface area contributed by atoms with Gasteiger partial charge < -0.3 is 20.1 Å². The molecule has 24 heavy (non-hydrogen) atoms. The van der Waals surface area contributed by atoms with Crippen molar-refractivity contribution in [2.24, 2.45) is 10.7 Å². The summed E-state index contributed by atoms with van der Waals surface area (Å²) in [5, 5.41) is 0.706. The molecule has 2 aromatic rings. The lowest BCUT2D eigenvalue weighted by atomic mass is 10.1. The fourth-order valence-corrected chi connectivity index (χ4v) is 2.85. The van der Waals surface area contributed by atoms with Crippen LogP contribution in [0.25, 0.3) is 0 Å². The number of hydrogen-bond acceptors (Lipinski definition) is 5. The first-order valence-corrected chi connectivity index (χ1v) is 8.11. The number of aliphatic imine (C=N–C) groups is 1. The van der Waals surface area contributed by atoms with Crippen molar-refractivity contribution in [3.8, 4) is 5.75 Å². The summed E-state index contributed by atoms with van der Waals surface area (Å²) in [6.07, 6.45) is 0. The lowest BCUT2D eigenvalue weighted by Gasteiger charge is -2.26. The number of anilines is 1. The Labute approximate surface area is 146 Å². The molecule has 0 radical (unpaired) electrons. The normalized spacial score (nSPS) is 16.4. The number of benzene rings is 2. The predicted octanol–water partition coefficient (Wildman–Crippen LogP) is 3.07. The lowest BCUT2D eigenvalue weighted by Crippen LogP contribution is -2.32. The van der Waals surface area contributed by atoms with Crippen LogP contribution in [0.5, 0.6) is 5.75 Å². The van der Waals surface area contributed by atoms with Crippen molar-refractivity contribution in [1.82, 2.24) is 0 Å². The van der Waals surface area contributed by atoms with Crippen LogP contribution in [0, 0.1) is 0 Å². The maximum absolute atomic E-state index is 6.16. The van der Waals surface area contributed by atoms with Crippen LogP contribution in [0.15, 0.2) is 53.5 Å². The first-order valence-electron chi connectivity index (χ1n) is 7.73. The molecule has 0 aliphatic carbocycles. The molecule has 6 heteroatoms. The van der Waals surface area contributed by atoms with Crippen molar-refractivity contribution in [2.45, 2.75) is 12.6 Å². The summed E-state index contributed by atoms with van der Waals surface area (Å²) >= 11 is 6.16. The van der Waals surface area contributed by atoms with Gasteiger partial charge in [0.1, 0.15) is 18.4 Å². The quantitative estimate of drug-likeness (QED) is 0.874. The fraction of sp³-hybridized carbons (Fsp3) is 0.278. The highest BCUT2D eigenvalue weighted by atomic mass is 35.5.